The van der Waals surface area contributed by atoms with Gasteiger partial charge in [0, 0.05) is 6.54 Å². The minimum Gasteiger partial charge on any atom is -0.468 e. The maximum absolute atomic E-state index is 11.3. The number of methoxy groups -OCH3 is 1. The van der Waals surface area contributed by atoms with Gasteiger partial charge in [-0.1, -0.05) is 13.8 Å². The van der Waals surface area contributed by atoms with Crippen molar-refractivity contribution in [2.24, 2.45) is 5.92 Å². The topological polar surface area (TPSA) is 29.5 Å². The van der Waals surface area contributed by atoms with E-state index in [4.69, 9.17) is 4.74 Å². The summed E-state index contributed by atoms with van der Waals surface area (Å²) in [6, 6.07) is 0.0207. The molecule has 1 saturated heterocycles. The van der Waals surface area contributed by atoms with E-state index in [1.165, 1.54) is 7.11 Å². The third kappa shape index (κ3) is 2.69. The molecular formula is C10H19NO2. The predicted molar refractivity (Wildman–Crippen MR) is 51.4 cm³/mol. The molecule has 13 heavy (non-hydrogen) atoms. The van der Waals surface area contributed by atoms with Gasteiger partial charge in [-0.3, -0.25) is 9.69 Å². The van der Waals surface area contributed by atoms with Gasteiger partial charge in [0.1, 0.15) is 6.04 Å². The number of rotatable bonds is 3. The molecule has 0 amide bonds. The molecule has 3 nitrogen and oxygen atoms in total. The van der Waals surface area contributed by atoms with Crippen LogP contribution in [0.1, 0.15) is 26.7 Å². The first-order chi connectivity index (χ1) is 6.15. The maximum atomic E-state index is 11.3. The molecule has 0 bridgehead atoms. The third-order valence-corrected chi connectivity index (χ3v) is 2.44. The van der Waals surface area contributed by atoms with Crippen LogP contribution in [0.3, 0.4) is 0 Å². The summed E-state index contributed by atoms with van der Waals surface area (Å²) in [5.41, 5.74) is 0. The highest BCUT2D eigenvalue weighted by Crippen LogP contribution is 2.19. The highest BCUT2D eigenvalue weighted by Gasteiger charge is 2.31. The molecule has 0 aromatic carbocycles. The normalized spacial score (nSPS) is 23.8. The van der Waals surface area contributed by atoms with Crippen molar-refractivity contribution in [3.8, 4) is 0 Å². The fourth-order valence-corrected chi connectivity index (χ4v) is 1.92. The predicted octanol–water partition coefficient (Wildman–Crippen LogP) is 1.28. The number of hydrogen-bond acceptors (Lipinski definition) is 3. The van der Waals surface area contributed by atoms with Crippen LogP contribution in [-0.2, 0) is 9.53 Å². The van der Waals surface area contributed by atoms with Crippen LogP contribution in [0.25, 0.3) is 0 Å². The van der Waals surface area contributed by atoms with Gasteiger partial charge in [0.25, 0.3) is 0 Å². The highest BCUT2D eigenvalue weighted by molar-refractivity contribution is 5.75. The zero-order chi connectivity index (χ0) is 9.84. The largest absolute Gasteiger partial charge is 0.468 e. The Balaban J connectivity index is 2.48. The van der Waals surface area contributed by atoms with E-state index in [9.17, 15) is 4.79 Å². The van der Waals surface area contributed by atoms with Gasteiger partial charge in [0.15, 0.2) is 0 Å². The Morgan fingerprint density at radius 3 is 2.85 bits per heavy atom. The molecular weight excluding hydrogens is 166 g/mol. The molecule has 0 unspecified atom stereocenters. The zero-order valence-corrected chi connectivity index (χ0v) is 8.75. The molecule has 1 fully saturated rings. The van der Waals surface area contributed by atoms with Gasteiger partial charge in [0.2, 0.25) is 0 Å². The number of hydrogen-bond donors (Lipinski definition) is 0. The SMILES string of the molecule is COC(=O)[C@@H]1CCCN1CC(C)C. The molecule has 0 spiro atoms. The summed E-state index contributed by atoms with van der Waals surface area (Å²) >= 11 is 0. The number of carbonyl (C=O) groups excluding carboxylic acids is 1. The standard InChI is InChI=1S/C10H19NO2/c1-8(2)7-11-6-4-5-9(11)10(12)13-3/h8-9H,4-7H2,1-3H3/t9-/m0/s1. The summed E-state index contributed by atoms with van der Waals surface area (Å²) in [5.74, 6) is 0.545. The first-order valence-electron chi connectivity index (χ1n) is 4.97. The first kappa shape index (κ1) is 10.5. The van der Waals surface area contributed by atoms with Gasteiger partial charge in [-0.05, 0) is 25.3 Å². The molecule has 76 valence electrons. The summed E-state index contributed by atoms with van der Waals surface area (Å²) < 4.78 is 4.77. The Morgan fingerprint density at radius 1 is 1.62 bits per heavy atom. The van der Waals surface area contributed by atoms with E-state index in [0.29, 0.717) is 5.92 Å². The van der Waals surface area contributed by atoms with Gasteiger partial charge < -0.3 is 4.74 Å². The van der Waals surface area contributed by atoms with Gasteiger partial charge in [0.05, 0.1) is 7.11 Å². The van der Waals surface area contributed by atoms with E-state index < -0.39 is 0 Å². The average Bonchev–Trinajstić information content (AvgIpc) is 2.50. The lowest BCUT2D eigenvalue weighted by Crippen LogP contribution is -2.38. The minimum absolute atomic E-state index is 0.0207. The van der Waals surface area contributed by atoms with Crippen LogP contribution in [0.15, 0.2) is 0 Å². The molecule has 0 aromatic heterocycles. The van der Waals surface area contributed by atoms with Crippen molar-refractivity contribution in [2.45, 2.75) is 32.7 Å². The Morgan fingerprint density at radius 2 is 2.31 bits per heavy atom. The van der Waals surface area contributed by atoms with Gasteiger partial charge in [-0.25, -0.2) is 0 Å². The molecule has 1 rings (SSSR count). The van der Waals surface area contributed by atoms with Crippen molar-refractivity contribution >= 4 is 5.97 Å². The molecule has 0 aromatic rings. The van der Waals surface area contributed by atoms with Crippen LogP contribution in [0, 0.1) is 5.92 Å². The van der Waals surface area contributed by atoms with Crippen molar-refractivity contribution in [1.29, 1.82) is 0 Å². The summed E-state index contributed by atoms with van der Waals surface area (Å²) in [7, 11) is 1.47. The second kappa shape index (κ2) is 4.61. The van der Waals surface area contributed by atoms with Crippen LogP contribution < -0.4 is 0 Å². The second-order valence-corrected chi connectivity index (χ2v) is 4.07. The van der Waals surface area contributed by atoms with E-state index in [1.807, 2.05) is 0 Å². The van der Waals surface area contributed by atoms with Crippen LogP contribution in [0.5, 0.6) is 0 Å². The molecule has 3 heteroatoms. The maximum Gasteiger partial charge on any atom is 0.323 e. The molecule has 0 N–H and O–H groups in total. The van der Waals surface area contributed by atoms with E-state index in [0.717, 1.165) is 25.9 Å². The van der Waals surface area contributed by atoms with Crippen molar-refractivity contribution < 1.29 is 9.53 Å². The fraction of sp³-hybridized carbons (Fsp3) is 0.900. The summed E-state index contributed by atoms with van der Waals surface area (Å²) in [5, 5.41) is 0. The van der Waals surface area contributed by atoms with E-state index >= 15 is 0 Å². The van der Waals surface area contributed by atoms with Crippen molar-refractivity contribution in [2.75, 3.05) is 20.2 Å². The van der Waals surface area contributed by atoms with Crippen molar-refractivity contribution in [3.05, 3.63) is 0 Å². The number of carbonyl (C=O) groups is 1. The Hall–Kier alpha value is -0.570. The lowest BCUT2D eigenvalue weighted by molar-refractivity contribution is -0.145. The van der Waals surface area contributed by atoms with Crippen LogP contribution >= 0.6 is 0 Å². The quantitative estimate of drug-likeness (QED) is 0.620. The van der Waals surface area contributed by atoms with Crippen LogP contribution in [0.4, 0.5) is 0 Å². The first-order valence-corrected chi connectivity index (χ1v) is 4.97. The van der Waals surface area contributed by atoms with E-state index in [-0.39, 0.29) is 12.0 Å². The van der Waals surface area contributed by atoms with E-state index in [1.54, 1.807) is 0 Å². The van der Waals surface area contributed by atoms with Gasteiger partial charge in [-0.2, -0.15) is 0 Å². The second-order valence-electron chi connectivity index (χ2n) is 4.07. The molecule has 0 radical (unpaired) electrons. The molecule has 1 aliphatic rings. The number of ether oxygens (including phenoxy) is 1. The smallest absolute Gasteiger partial charge is 0.323 e. The highest BCUT2D eigenvalue weighted by atomic mass is 16.5. The third-order valence-electron chi connectivity index (χ3n) is 2.44. The number of esters is 1. The molecule has 0 aliphatic carbocycles. The van der Waals surface area contributed by atoms with Gasteiger partial charge >= 0.3 is 5.97 Å². The molecule has 1 heterocycles. The Labute approximate surface area is 80.1 Å². The monoisotopic (exact) mass is 185 g/mol. The van der Waals surface area contributed by atoms with Crippen molar-refractivity contribution in [1.82, 2.24) is 4.90 Å². The lowest BCUT2D eigenvalue weighted by Gasteiger charge is -2.23. The fourth-order valence-electron chi connectivity index (χ4n) is 1.92. The van der Waals surface area contributed by atoms with E-state index in [2.05, 4.69) is 18.7 Å². The average molecular weight is 185 g/mol. The summed E-state index contributed by atoms with van der Waals surface area (Å²) in [6.45, 7) is 6.39. The summed E-state index contributed by atoms with van der Waals surface area (Å²) in [6.07, 6.45) is 2.08. The minimum atomic E-state index is -0.0712. The summed E-state index contributed by atoms with van der Waals surface area (Å²) in [4.78, 5) is 13.6. The van der Waals surface area contributed by atoms with Crippen molar-refractivity contribution in [3.63, 3.8) is 0 Å². The molecule has 0 saturated carbocycles. The number of likely N-dealkylation sites (tertiary alicyclic amines) is 1. The number of nitrogens with zero attached hydrogens (tertiary/aromatic N) is 1. The van der Waals surface area contributed by atoms with Crippen LogP contribution in [0.2, 0.25) is 0 Å². The van der Waals surface area contributed by atoms with Crippen LogP contribution in [-0.4, -0.2) is 37.1 Å². The molecule has 1 aliphatic heterocycles. The Kier molecular flexibility index (Phi) is 3.72. The zero-order valence-electron chi connectivity index (χ0n) is 8.75. The van der Waals surface area contributed by atoms with Gasteiger partial charge in [-0.15, -0.1) is 0 Å². The Bertz CT molecular complexity index is 180. The lowest BCUT2D eigenvalue weighted by atomic mass is 10.2. The molecule has 1 atom stereocenters.